The lowest BCUT2D eigenvalue weighted by Crippen LogP contribution is -2.21. The number of anilines is 2. The Bertz CT molecular complexity index is 1400. The number of ether oxygens (including phenoxy) is 1. The number of hydrogen-bond donors (Lipinski definition) is 2. The molecule has 0 saturated heterocycles. The van der Waals surface area contributed by atoms with Crippen LogP contribution in [0.15, 0.2) is 60.8 Å². The van der Waals surface area contributed by atoms with Gasteiger partial charge in [-0.3, -0.25) is 4.79 Å². The number of aromatic nitrogens is 2. The zero-order chi connectivity index (χ0) is 23.5. The molecular formula is C23H15F3N4O3. The number of nitrogens with one attached hydrogen (secondary N) is 2. The molecule has 0 bridgehead atoms. The van der Waals surface area contributed by atoms with E-state index in [1.54, 1.807) is 0 Å². The highest BCUT2D eigenvalue weighted by atomic mass is 19.1. The number of rotatable bonds is 5. The maximum Gasteiger partial charge on any atom is 0.323 e. The van der Waals surface area contributed by atoms with Crippen molar-refractivity contribution < 1.29 is 27.5 Å². The molecule has 0 aliphatic carbocycles. The molecule has 7 nitrogen and oxygen atoms in total. The number of hydrogen-bond acceptors (Lipinski definition) is 5. The van der Waals surface area contributed by atoms with Gasteiger partial charge in [-0.25, -0.2) is 27.9 Å². The molecule has 4 aromatic rings. The second-order valence-electron chi connectivity index (χ2n) is 6.82. The van der Waals surface area contributed by atoms with Crippen LogP contribution >= 0.6 is 0 Å². The van der Waals surface area contributed by atoms with Crippen LogP contribution in [0.2, 0.25) is 0 Å². The van der Waals surface area contributed by atoms with E-state index in [0.717, 1.165) is 18.2 Å². The summed E-state index contributed by atoms with van der Waals surface area (Å²) in [6, 6.07) is 10.2. The number of carbonyl (C=O) groups is 2. The van der Waals surface area contributed by atoms with Gasteiger partial charge >= 0.3 is 6.03 Å². The Morgan fingerprint density at radius 1 is 0.939 bits per heavy atom. The molecule has 1 aromatic heterocycles. The smallest absolute Gasteiger partial charge is 0.323 e. The van der Waals surface area contributed by atoms with Crippen LogP contribution in [-0.2, 0) is 0 Å². The van der Waals surface area contributed by atoms with Gasteiger partial charge in [0.15, 0.2) is 11.6 Å². The van der Waals surface area contributed by atoms with E-state index in [1.807, 2.05) is 0 Å². The first-order valence-electron chi connectivity index (χ1n) is 9.53. The van der Waals surface area contributed by atoms with Crippen LogP contribution in [0.1, 0.15) is 15.9 Å². The van der Waals surface area contributed by atoms with Gasteiger partial charge in [0.05, 0.1) is 35.6 Å². The summed E-state index contributed by atoms with van der Waals surface area (Å²) in [4.78, 5) is 33.4. The monoisotopic (exact) mass is 452 g/mol. The lowest BCUT2D eigenvalue weighted by Gasteiger charge is -2.12. The van der Waals surface area contributed by atoms with Crippen molar-refractivity contribution >= 4 is 34.2 Å². The number of carbonyl (C=O) groups excluding carboxylic acids is 2. The molecule has 10 heteroatoms. The van der Waals surface area contributed by atoms with Crippen LogP contribution in [0.3, 0.4) is 0 Å². The molecule has 166 valence electrons. The minimum absolute atomic E-state index is 0.0378. The summed E-state index contributed by atoms with van der Waals surface area (Å²) in [5, 5.41) is 4.51. The number of benzene rings is 3. The second-order valence-corrected chi connectivity index (χ2v) is 6.82. The van der Waals surface area contributed by atoms with Crippen molar-refractivity contribution in [2.75, 3.05) is 17.7 Å². The fourth-order valence-corrected chi connectivity index (χ4v) is 3.09. The van der Waals surface area contributed by atoms with Crippen molar-refractivity contribution in [3.05, 3.63) is 89.4 Å². The largest absolute Gasteiger partial charge is 0.480 e. The maximum absolute atomic E-state index is 15.1. The highest BCUT2D eigenvalue weighted by Crippen LogP contribution is 2.25. The third-order valence-electron chi connectivity index (χ3n) is 4.64. The normalized spacial score (nSPS) is 10.7. The minimum atomic E-state index is -1.26. The van der Waals surface area contributed by atoms with E-state index >= 15 is 4.39 Å². The summed E-state index contributed by atoms with van der Waals surface area (Å²) < 4.78 is 47.8. The van der Waals surface area contributed by atoms with Crippen LogP contribution < -0.4 is 15.4 Å². The molecule has 0 atom stereocenters. The van der Waals surface area contributed by atoms with Gasteiger partial charge in [-0.05, 0) is 48.5 Å². The maximum atomic E-state index is 15.1. The molecule has 0 radical (unpaired) electrons. The molecule has 4 rings (SSSR count). The average Bonchev–Trinajstić information content (AvgIpc) is 2.80. The molecule has 0 aliphatic heterocycles. The number of ketones is 1. The SMILES string of the molecule is COc1cnc2ccc(C(=O)c3c(F)ccc(NC(=O)Nc4cccc(F)c4)c3F)cc2n1. The third-order valence-corrected chi connectivity index (χ3v) is 4.64. The Balaban J connectivity index is 1.63. The molecule has 2 N–H and O–H groups in total. The number of halogens is 3. The second kappa shape index (κ2) is 8.95. The van der Waals surface area contributed by atoms with E-state index in [2.05, 4.69) is 20.6 Å². The Morgan fingerprint density at radius 2 is 1.76 bits per heavy atom. The van der Waals surface area contributed by atoms with E-state index in [0.29, 0.717) is 11.0 Å². The first kappa shape index (κ1) is 21.8. The highest BCUT2D eigenvalue weighted by Gasteiger charge is 2.23. The van der Waals surface area contributed by atoms with E-state index in [-0.39, 0.29) is 17.1 Å². The van der Waals surface area contributed by atoms with Gasteiger partial charge in [-0.1, -0.05) is 6.07 Å². The molecule has 0 fully saturated rings. The van der Waals surface area contributed by atoms with Crippen LogP contribution in [0, 0.1) is 17.5 Å². The molecule has 0 spiro atoms. The zero-order valence-electron chi connectivity index (χ0n) is 17.0. The number of urea groups is 1. The zero-order valence-corrected chi connectivity index (χ0v) is 17.0. The van der Waals surface area contributed by atoms with E-state index < -0.39 is 40.5 Å². The van der Waals surface area contributed by atoms with Crippen LogP contribution in [0.4, 0.5) is 29.3 Å². The highest BCUT2D eigenvalue weighted by molar-refractivity contribution is 6.11. The summed E-state index contributed by atoms with van der Waals surface area (Å²) in [5.41, 5.74) is -0.449. The van der Waals surface area contributed by atoms with Crippen LogP contribution in [0.5, 0.6) is 5.88 Å². The Morgan fingerprint density at radius 3 is 2.52 bits per heavy atom. The summed E-state index contributed by atoms with van der Waals surface area (Å²) in [5.74, 6) is -3.69. The molecule has 3 aromatic carbocycles. The van der Waals surface area contributed by atoms with Crippen LogP contribution in [0.25, 0.3) is 11.0 Å². The van der Waals surface area contributed by atoms with E-state index in [1.165, 1.54) is 49.7 Å². The quantitative estimate of drug-likeness (QED) is 0.419. The topological polar surface area (TPSA) is 93.2 Å². The predicted octanol–water partition coefficient (Wildman–Crippen LogP) is 4.93. The fourth-order valence-electron chi connectivity index (χ4n) is 3.09. The number of methoxy groups -OCH3 is 1. The van der Waals surface area contributed by atoms with Crippen molar-refractivity contribution in [2.24, 2.45) is 0 Å². The van der Waals surface area contributed by atoms with Gasteiger partial charge < -0.3 is 15.4 Å². The fraction of sp³-hybridized carbons (Fsp3) is 0.0435. The van der Waals surface area contributed by atoms with Gasteiger partial charge in [-0.2, -0.15) is 0 Å². The van der Waals surface area contributed by atoms with Gasteiger partial charge in [0.1, 0.15) is 11.6 Å². The van der Waals surface area contributed by atoms with Gasteiger partial charge in [0.25, 0.3) is 0 Å². The summed E-state index contributed by atoms with van der Waals surface area (Å²) in [6.45, 7) is 0. The number of fused-ring (bicyclic) bond motifs is 1. The van der Waals surface area contributed by atoms with Gasteiger partial charge in [0, 0.05) is 11.3 Å². The van der Waals surface area contributed by atoms with Crippen molar-refractivity contribution in [3.63, 3.8) is 0 Å². The first-order chi connectivity index (χ1) is 15.9. The van der Waals surface area contributed by atoms with Crippen molar-refractivity contribution in [1.29, 1.82) is 0 Å². The summed E-state index contributed by atoms with van der Waals surface area (Å²) in [7, 11) is 1.40. The average molecular weight is 452 g/mol. The van der Waals surface area contributed by atoms with Gasteiger partial charge in [-0.15, -0.1) is 0 Å². The van der Waals surface area contributed by atoms with Gasteiger partial charge in [0.2, 0.25) is 5.88 Å². The summed E-state index contributed by atoms with van der Waals surface area (Å²) in [6.07, 6.45) is 1.40. The van der Waals surface area contributed by atoms with E-state index in [9.17, 15) is 18.4 Å². The molecule has 0 saturated carbocycles. The molecule has 0 aliphatic rings. The van der Waals surface area contributed by atoms with Crippen molar-refractivity contribution in [2.45, 2.75) is 0 Å². The lowest BCUT2D eigenvalue weighted by molar-refractivity contribution is 0.103. The Hall–Kier alpha value is -4.47. The Kier molecular flexibility index (Phi) is 5.90. The summed E-state index contributed by atoms with van der Waals surface area (Å²) >= 11 is 0. The standard InChI is InChI=1S/C23H15F3N4O3/c1-33-19-11-27-16-7-5-12(9-18(16)29-19)22(31)20-15(25)6-8-17(21(20)26)30-23(32)28-14-4-2-3-13(24)10-14/h2-11H,1H3,(H2,28,30,32). The van der Waals surface area contributed by atoms with Crippen molar-refractivity contribution in [3.8, 4) is 5.88 Å². The molecular weight excluding hydrogens is 437 g/mol. The molecule has 33 heavy (non-hydrogen) atoms. The molecule has 1 heterocycles. The minimum Gasteiger partial charge on any atom is -0.480 e. The third kappa shape index (κ3) is 4.59. The lowest BCUT2D eigenvalue weighted by atomic mass is 10.0. The molecule has 2 amide bonds. The number of amides is 2. The Labute approximate surface area is 185 Å². The molecule has 0 unspecified atom stereocenters. The van der Waals surface area contributed by atoms with Crippen molar-refractivity contribution in [1.82, 2.24) is 9.97 Å². The predicted molar refractivity (Wildman–Crippen MR) is 115 cm³/mol. The first-order valence-corrected chi connectivity index (χ1v) is 9.53. The number of nitrogens with zero attached hydrogens (tertiary/aromatic N) is 2. The van der Waals surface area contributed by atoms with E-state index in [4.69, 9.17) is 4.74 Å². The van der Waals surface area contributed by atoms with Crippen LogP contribution in [-0.4, -0.2) is 28.9 Å².